The molecule has 2 heteroatoms. The Morgan fingerprint density at radius 3 is 2.29 bits per heavy atom. The minimum atomic E-state index is 0.634. The third-order valence-electron chi connectivity index (χ3n) is 3.88. The molecule has 0 atom stereocenters. The zero-order valence-electron chi connectivity index (χ0n) is 14.3. The van der Waals surface area contributed by atoms with E-state index >= 15 is 0 Å². The minimum absolute atomic E-state index is 0.634. The van der Waals surface area contributed by atoms with E-state index in [2.05, 4.69) is 59.0 Å². The fourth-order valence-electron chi connectivity index (χ4n) is 2.86. The number of rotatable bonds is 6. The maximum absolute atomic E-state index is 6.23. The highest BCUT2D eigenvalue weighted by atomic mass is 16.3. The zero-order valence-corrected chi connectivity index (χ0v) is 14.3. The molecular formula is C19H29NO. The molecule has 2 rings (SSSR count). The second-order valence-corrected chi connectivity index (χ2v) is 7.03. The van der Waals surface area contributed by atoms with Crippen LogP contribution in [0, 0.1) is 25.7 Å². The first-order valence-electron chi connectivity index (χ1n) is 8.11. The predicted molar refractivity (Wildman–Crippen MR) is 90.8 cm³/mol. The van der Waals surface area contributed by atoms with Crippen LogP contribution in [-0.2, 0) is 13.0 Å². The summed E-state index contributed by atoms with van der Waals surface area (Å²) in [6, 6.07) is 4.37. The Kier molecular flexibility index (Phi) is 5.10. The molecule has 0 radical (unpaired) electrons. The van der Waals surface area contributed by atoms with E-state index in [1.165, 1.54) is 22.1 Å². The first-order valence-corrected chi connectivity index (χ1v) is 8.11. The first-order chi connectivity index (χ1) is 9.90. The van der Waals surface area contributed by atoms with Gasteiger partial charge in [0.15, 0.2) is 0 Å². The van der Waals surface area contributed by atoms with Crippen LogP contribution in [0.2, 0.25) is 0 Å². The number of furan rings is 1. The molecule has 0 aliphatic heterocycles. The highest BCUT2D eigenvalue weighted by molar-refractivity contribution is 5.88. The van der Waals surface area contributed by atoms with E-state index in [1.54, 1.807) is 0 Å². The van der Waals surface area contributed by atoms with Crippen molar-refractivity contribution in [2.24, 2.45) is 11.8 Å². The van der Waals surface area contributed by atoms with Crippen molar-refractivity contribution in [1.82, 2.24) is 5.32 Å². The van der Waals surface area contributed by atoms with E-state index in [0.29, 0.717) is 11.8 Å². The van der Waals surface area contributed by atoms with Gasteiger partial charge in [-0.3, -0.25) is 0 Å². The van der Waals surface area contributed by atoms with Crippen molar-refractivity contribution in [2.45, 2.75) is 54.5 Å². The molecule has 2 nitrogen and oxygen atoms in total. The molecule has 1 aromatic carbocycles. The summed E-state index contributed by atoms with van der Waals surface area (Å²) >= 11 is 0. The Hall–Kier alpha value is -1.28. The Morgan fingerprint density at radius 2 is 1.67 bits per heavy atom. The molecule has 116 valence electrons. The van der Waals surface area contributed by atoms with Gasteiger partial charge in [0, 0.05) is 10.9 Å². The number of aryl methyl sites for hydroxylation is 2. The summed E-state index contributed by atoms with van der Waals surface area (Å²) in [5, 5.41) is 4.86. The summed E-state index contributed by atoms with van der Waals surface area (Å²) in [5.41, 5.74) is 5.03. The zero-order chi connectivity index (χ0) is 15.6. The molecule has 1 N–H and O–H groups in total. The molecule has 0 aliphatic carbocycles. The van der Waals surface area contributed by atoms with Gasteiger partial charge < -0.3 is 9.73 Å². The van der Waals surface area contributed by atoms with E-state index in [4.69, 9.17) is 4.42 Å². The van der Waals surface area contributed by atoms with Crippen LogP contribution in [0.3, 0.4) is 0 Å². The summed E-state index contributed by atoms with van der Waals surface area (Å²) in [6.45, 7) is 15.2. The summed E-state index contributed by atoms with van der Waals surface area (Å²) in [6.07, 6.45) is 1.08. The Balaban J connectivity index is 2.42. The van der Waals surface area contributed by atoms with Gasteiger partial charge in [-0.1, -0.05) is 39.8 Å². The molecule has 1 heterocycles. The van der Waals surface area contributed by atoms with Crippen LogP contribution in [0.4, 0.5) is 0 Å². The normalized spacial score (nSPS) is 12.0. The van der Waals surface area contributed by atoms with Crippen LogP contribution in [-0.4, -0.2) is 6.54 Å². The molecule has 0 saturated heterocycles. The quantitative estimate of drug-likeness (QED) is 0.809. The largest absolute Gasteiger partial charge is 0.459 e. The average Bonchev–Trinajstić information content (AvgIpc) is 2.73. The van der Waals surface area contributed by atoms with Crippen molar-refractivity contribution in [3.05, 3.63) is 34.6 Å². The van der Waals surface area contributed by atoms with Crippen LogP contribution in [0.15, 0.2) is 16.5 Å². The topological polar surface area (TPSA) is 25.2 Å². The van der Waals surface area contributed by atoms with E-state index in [-0.39, 0.29) is 0 Å². The molecule has 1 aromatic heterocycles. The highest BCUT2D eigenvalue weighted by Gasteiger charge is 2.18. The minimum Gasteiger partial charge on any atom is -0.459 e. The highest BCUT2D eigenvalue weighted by Crippen LogP contribution is 2.32. The molecule has 0 bridgehead atoms. The van der Waals surface area contributed by atoms with Gasteiger partial charge in [0.25, 0.3) is 0 Å². The molecule has 0 spiro atoms. The maximum atomic E-state index is 6.23. The molecular weight excluding hydrogens is 258 g/mol. The van der Waals surface area contributed by atoms with Gasteiger partial charge in [-0.05, 0) is 49.8 Å². The molecule has 0 fully saturated rings. The van der Waals surface area contributed by atoms with E-state index in [9.17, 15) is 0 Å². The average molecular weight is 287 g/mol. The van der Waals surface area contributed by atoms with Crippen molar-refractivity contribution < 1.29 is 4.42 Å². The van der Waals surface area contributed by atoms with Gasteiger partial charge in [0.2, 0.25) is 0 Å². The second-order valence-electron chi connectivity index (χ2n) is 7.03. The van der Waals surface area contributed by atoms with Crippen molar-refractivity contribution in [2.75, 3.05) is 6.54 Å². The summed E-state index contributed by atoms with van der Waals surface area (Å²) in [4.78, 5) is 0. The SMILES string of the molecule is Cc1ccc(C)c2c(CC(C)C)c(CNCC(C)C)oc12. The van der Waals surface area contributed by atoms with Crippen molar-refractivity contribution in [1.29, 1.82) is 0 Å². The maximum Gasteiger partial charge on any atom is 0.137 e. The fraction of sp³-hybridized carbons (Fsp3) is 0.579. The van der Waals surface area contributed by atoms with Crippen molar-refractivity contribution in [3.8, 4) is 0 Å². The third-order valence-corrected chi connectivity index (χ3v) is 3.88. The van der Waals surface area contributed by atoms with E-state index in [0.717, 1.165) is 30.9 Å². The number of fused-ring (bicyclic) bond motifs is 1. The van der Waals surface area contributed by atoms with Gasteiger partial charge in [0.1, 0.15) is 11.3 Å². The Labute approximate surface area is 128 Å². The van der Waals surface area contributed by atoms with Crippen LogP contribution in [0.5, 0.6) is 0 Å². The number of nitrogens with one attached hydrogen (secondary N) is 1. The fourth-order valence-corrected chi connectivity index (χ4v) is 2.86. The van der Waals surface area contributed by atoms with Crippen molar-refractivity contribution >= 4 is 11.0 Å². The van der Waals surface area contributed by atoms with E-state index < -0.39 is 0 Å². The monoisotopic (exact) mass is 287 g/mol. The van der Waals surface area contributed by atoms with Gasteiger partial charge in [0.05, 0.1) is 6.54 Å². The number of hydrogen-bond acceptors (Lipinski definition) is 2. The standard InChI is InChI=1S/C19H29NO/c1-12(2)9-16-17(11-20-10-13(3)4)21-19-15(6)8-7-14(5)18(16)19/h7-8,12-13,20H,9-11H2,1-6H3. The summed E-state index contributed by atoms with van der Waals surface area (Å²) < 4.78 is 6.23. The molecule has 0 saturated carbocycles. The molecule has 0 unspecified atom stereocenters. The number of benzene rings is 1. The first kappa shape index (κ1) is 16.1. The van der Waals surface area contributed by atoms with Gasteiger partial charge in [-0.25, -0.2) is 0 Å². The van der Waals surface area contributed by atoms with Crippen molar-refractivity contribution in [3.63, 3.8) is 0 Å². The summed E-state index contributed by atoms with van der Waals surface area (Å²) in [7, 11) is 0. The molecule has 0 aliphatic rings. The lowest BCUT2D eigenvalue weighted by atomic mass is 9.96. The Bertz CT molecular complexity index is 608. The molecule has 0 amide bonds. The van der Waals surface area contributed by atoms with Gasteiger partial charge in [-0.15, -0.1) is 0 Å². The second kappa shape index (κ2) is 6.65. The van der Waals surface area contributed by atoms with Gasteiger partial charge >= 0.3 is 0 Å². The van der Waals surface area contributed by atoms with E-state index in [1.807, 2.05) is 0 Å². The molecule has 2 aromatic rings. The van der Waals surface area contributed by atoms with Crippen LogP contribution >= 0.6 is 0 Å². The lowest BCUT2D eigenvalue weighted by Gasteiger charge is -2.09. The Morgan fingerprint density at radius 1 is 1.00 bits per heavy atom. The lowest BCUT2D eigenvalue weighted by Crippen LogP contribution is -2.19. The molecule has 21 heavy (non-hydrogen) atoms. The summed E-state index contributed by atoms with van der Waals surface area (Å²) in [5.74, 6) is 2.41. The van der Waals surface area contributed by atoms with Crippen LogP contribution in [0.1, 0.15) is 50.1 Å². The predicted octanol–water partition coefficient (Wildman–Crippen LogP) is 4.99. The third kappa shape index (κ3) is 3.68. The number of hydrogen-bond donors (Lipinski definition) is 1. The van der Waals surface area contributed by atoms with Crippen LogP contribution in [0.25, 0.3) is 11.0 Å². The lowest BCUT2D eigenvalue weighted by molar-refractivity contribution is 0.476. The van der Waals surface area contributed by atoms with Crippen LogP contribution < -0.4 is 5.32 Å². The smallest absolute Gasteiger partial charge is 0.137 e. The van der Waals surface area contributed by atoms with Gasteiger partial charge in [-0.2, -0.15) is 0 Å².